The van der Waals surface area contributed by atoms with Crippen molar-refractivity contribution in [2.45, 2.75) is 19.9 Å². The Morgan fingerprint density at radius 3 is 2.84 bits per heavy atom. The second-order valence-corrected chi connectivity index (χ2v) is 4.67. The van der Waals surface area contributed by atoms with Crippen molar-refractivity contribution in [3.8, 4) is 0 Å². The molecule has 1 amide bonds. The third-order valence-corrected chi connectivity index (χ3v) is 2.85. The predicted molar refractivity (Wildman–Crippen MR) is 73.0 cm³/mol. The predicted octanol–water partition coefficient (Wildman–Crippen LogP) is 2.71. The number of nitrogen functional groups attached to an aromatic ring is 1. The Balaban J connectivity index is 2.12. The molecular formula is C13H14ClN3O2. The van der Waals surface area contributed by atoms with Crippen molar-refractivity contribution in [2.24, 2.45) is 0 Å². The largest absolute Gasteiger partial charge is 0.444 e. The molecule has 0 aliphatic rings. The van der Waals surface area contributed by atoms with Crippen LogP contribution in [0.3, 0.4) is 0 Å². The van der Waals surface area contributed by atoms with E-state index in [0.717, 1.165) is 0 Å². The Kier molecular flexibility index (Phi) is 3.76. The standard InChI is InChI=1S/C13H14ClN3O2/c1-7-6-16-13(19-7)8(2)17-12(18)10-4-3-9(14)5-11(10)15/h3-6,8H,15H2,1-2H3,(H,17,18). The van der Waals surface area contributed by atoms with Gasteiger partial charge in [0.05, 0.1) is 11.8 Å². The molecule has 1 atom stereocenters. The van der Waals surface area contributed by atoms with Crippen LogP contribution in [0.25, 0.3) is 0 Å². The highest BCUT2D eigenvalue weighted by molar-refractivity contribution is 6.31. The summed E-state index contributed by atoms with van der Waals surface area (Å²) in [5.41, 5.74) is 6.47. The first-order valence-electron chi connectivity index (χ1n) is 5.75. The van der Waals surface area contributed by atoms with Crippen LogP contribution in [0.5, 0.6) is 0 Å². The minimum Gasteiger partial charge on any atom is -0.444 e. The molecule has 2 aromatic rings. The van der Waals surface area contributed by atoms with Crippen LogP contribution >= 0.6 is 11.6 Å². The second kappa shape index (κ2) is 5.32. The summed E-state index contributed by atoms with van der Waals surface area (Å²) in [7, 11) is 0. The van der Waals surface area contributed by atoms with E-state index in [2.05, 4.69) is 10.3 Å². The van der Waals surface area contributed by atoms with Gasteiger partial charge < -0.3 is 15.5 Å². The maximum Gasteiger partial charge on any atom is 0.254 e. The normalized spacial score (nSPS) is 12.2. The number of hydrogen-bond donors (Lipinski definition) is 2. The Morgan fingerprint density at radius 1 is 1.53 bits per heavy atom. The number of aromatic nitrogens is 1. The quantitative estimate of drug-likeness (QED) is 0.847. The van der Waals surface area contributed by atoms with E-state index in [4.69, 9.17) is 21.8 Å². The number of amides is 1. The van der Waals surface area contributed by atoms with Crippen LogP contribution in [0.4, 0.5) is 5.69 Å². The first-order chi connectivity index (χ1) is 8.97. The second-order valence-electron chi connectivity index (χ2n) is 4.24. The fraction of sp³-hybridized carbons (Fsp3) is 0.231. The van der Waals surface area contributed by atoms with Crippen LogP contribution in [0, 0.1) is 6.92 Å². The van der Waals surface area contributed by atoms with Crippen molar-refractivity contribution < 1.29 is 9.21 Å². The number of hydrogen-bond acceptors (Lipinski definition) is 4. The van der Waals surface area contributed by atoms with Gasteiger partial charge in [0, 0.05) is 10.7 Å². The van der Waals surface area contributed by atoms with Crippen molar-refractivity contribution >= 4 is 23.2 Å². The lowest BCUT2D eigenvalue weighted by Crippen LogP contribution is -2.27. The maximum absolute atomic E-state index is 12.1. The van der Waals surface area contributed by atoms with Gasteiger partial charge in [-0.25, -0.2) is 4.98 Å². The van der Waals surface area contributed by atoms with Crippen LogP contribution in [0.15, 0.2) is 28.8 Å². The number of aryl methyl sites for hydroxylation is 1. The zero-order valence-corrected chi connectivity index (χ0v) is 11.4. The summed E-state index contributed by atoms with van der Waals surface area (Å²) in [6.07, 6.45) is 1.61. The fourth-order valence-electron chi connectivity index (χ4n) is 1.65. The number of anilines is 1. The number of carbonyl (C=O) groups is 1. The molecule has 0 bridgehead atoms. The summed E-state index contributed by atoms with van der Waals surface area (Å²) in [4.78, 5) is 16.1. The molecule has 0 fully saturated rings. The van der Waals surface area contributed by atoms with Gasteiger partial charge >= 0.3 is 0 Å². The van der Waals surface area contributed by atoms with Crippen LogP contribution in [-0.2, 0) is 0 Å². The number of halogens is 1. The average molecular weight is 280 g/mol. The van der Waals surface area contributed by atoms with Gasteiger partial charge in [-0.3, -0.25) is 4.79 Å². The van der Waals surface area contributed by atoms with Gasteiger partial charge in [0.15, 0.2) is 0 Å². The van der Waals surface area contributed by atoms with E-state index >= 15 is 0 Å². The molecule has 0 saturated carbocycles. The number of carbonyl (C=O) groups excluding carboxylic acids is 1. The number of rotatable bonds is 3. The molecule has 1 aromatic heterocycles. The number of nitrogens with zero attached hydrogens (tertiary/aromatic N) is 1. The average Bonchev–Trinajstić information content (AvgIpc) is 2.75. The smallest absolute Gasteiger partial charge is 0.254 e. The van der Waals surface area contributed by atoms with Crippen LogP contribution in [0.2, 0.25) is 5.02 Å². The van der Waals surface area contributed by atoms with E-state index in [0.29, 0.717) is 27.9 Å². The number of nitrogens with two attached hydrogens (primary N) is 1. The summed E-state index contributed by atoms with van der Waals surface area (Å²) in [5.74, 6) is 0.859. The van der Waals surface area contributed by atoms with Gasteiger partial charge in [-0.1, -0.05) is 11.6 Å². The van der Waals surface area contributed by atoms with E-state index in [1.807, 2.05) is 0 Å². The van der Waals surface area contributed by atoms with Crippen molar-refractivity contribution in [2.75, 3.05) is 5.73 Å². The van der Waals surface area contributed by atoms with E-state index in [9.17, 15) is 4.79 Å². The SMILES string of the molecule is Cc1cnc(C(C)NC(=O)c2ccc(Cl)cc2N)o1. The fourth-order valence-corrected chi connectivity index (χ4v) is 1.83. The third kappa shape index (κ3) is 3.06. The Bertz CT molecular complexity index is 610. The summed E-state index contributed by atoms with van der Waals surface area (Å²) in [6, 6.07) is 4.40. The maximum atomic E-state index is 12.1. The molecule has 1 aromatic carbocycles. The monoisotopic (exact) mass is 279 g/mol. The lowest BCUT2D eigenvalue weighted by atomic mass is 10.1. The molecular weight excluding hydrogens is 266 g/mol. The van der Waals surface area contributed by atoms with Gasteiger partial charge in [-0.2, -0.15) is 0 Å². The highest BCUT2D eigenvalue weighted by atomic mass is 35.5. The highest BCUT2D eigenvalue weighted by Crippen LogP contribution is 2.19. The molecule has 0 spiro atoms. The van der Waals surface area contributed by atoms with E-state index < -0.39 is 0 Å². The van der Waals surface area contributed by atoms with Crippen LogP contribution in [-0.4, -0.2) is 10.9 Å². The van der Waals surface area contributed by atoms with E-state index in [1.165, 1.54) is 6.07 Å². The van der Waals surface area contributed by atoms with Crippen LogP contribution in [0.1, 0.15) is 35.0 Å². The Hall–Kier alpha value is -2.01. The highest BCUT2D eigenvalue weighted by Gasteiger charge is 2.17. The first-order valence-corrected chi connectivity index (χ1v) is 6.13. The van der Waals surface area contributed by atoms with Crippen molar-refractivity contribution in [3.05, 3.63) is 46.6 Å². The minimum absolute atomic E-state index is 0.294. The molecule has 1 heterocycles. The zero-order valence-electron chi connectivity index (χ0n) is 10.6. The Labute approximate surface area is 115 Å². The van der Waals surface area contributed by atoms with Gasteiger partial charge in [0.25, 0.3) is 5.91 Å². The summed E-state index contributed by atoms with van der Waals surface area (Å²) < 4.78 is 5.35. The molecule has 0 saturated heterocycles. The van der Waals surface area contributed by atoms with Gasteiger partial charge in [0.2, 0.25) is 5.89 Å². The summed E-state index contributed by atoms with van der Waals surface area (Å²) in [5, 5.41) is 3.26. The first kappa shape index (κ1) is 13.4. The molecule has 0 radical (unpaired) electrons. The lowest BCUT2D eigenvalue weighted by molar-refractivity contribution is 0.0935. The summed E-state index contributed by atoms with van der Waals surface area (Å²) >= 11 is 5.79. The number of nitrogens with one attached hydrogen (secondary N) is 1. The molecule has 5 nitrogen and oxygen atoms in total. The topological polar surface area (TPSA) is 81.2 Å². The Morgan fingerprint density at radius 2 is 2.26 bits per heavy atom. The summed E-state index contributed by atoms with van der Waals surface area (Å²) in [6.45, 7) is 3.58. The molecule has 19 heavy (non-hydrogen) atoms. The number of oxazole rings is 1. The molecule has 0 aliphatic heterocycles. The minimum atomic E-state index is -0.337. The van der Waals surface area contributed by atoms with Crippen LogP contribution < -0.4 is 11.1 Å². The van der Waals surface area contributed by atoms with Crippen molar-refractivity contribution in [1.29, 1.82) is 0 Å². The molecule has 2 rings (SSSR count). The van der Waals surface area contributed by atoms with Gasteiger partial charge in [0.1, 0.15) is 11.8 Å². The van der Waals surface area contributed by atoms with Crippen molar-refractivity contribution in [3.63, 3.8) is 0 Å². The molecule has 6 heteroatoms. The third-order valence-electron chi connectivity index (χ3n) is 2.62. The lowest BCUT2D eigenvalue weighted by Gasteiger charge is -2.12. The van der Waals surface area contributed by atoms with Gasteiger partial charge in [-0.05, 0) is 32.0 Å². The van der Waals surface area contributed by atoms with Crippen molar-refractivity contribution in [1.82, 2.24) is 10.3 Å². The molecule has 3 N–H and O–H groups in total. The van der Waals surface area contributed by atoms with E-state index in [-0.39, 0.29) is 11.9 Å². The zero-order chi connectivity index (χ0) is 14.0. The van der Waals surface area contributed by atoms with Gasteiger partial charge in [-0.15, -0.1) is 0 Å². The molecule has 1 unspecified atom stereocenters. The van der Waals surface area contributed by atoms with E-state index in [1.54, 1.807) is 32.2 Å². The number of benzene rings is 1. The molecule has 100 valence electrons. The molecule has 0 aliphatic carbocycles.